The number of pyridine rings is 1. The second-order valence-corrected chi connectivity index (χ2v) is 10.3. The van der Waals surface area contributed by atoms with Gasteiger partial charge in [0.2, 0.25) is 0 Å². The molecule has 3 heterocycles. The van der Waals surface area contributed by atoms with Gasteiger partial charge in [0.05, 0.1) is 11.1 Å². The highest BCUT2D eigenvalue weighted by Gasteiger charge is 2.35. The van der Waals surface area contributed by atoms with Crippen molar-refractivity contribution < 1.29 is 9.18 Å². The van der Waals surface area contributed by atoms with Gasteiger partial charge in [0, 0.05) is 31.1 Å². The number of rotatable bonds is 6. The lowest BCUT2D eigenvalue weighted by molar-refractivity contribution is 0.0988. The molecule has 1 atom stereocenters. The first-order chi connectivity index (χ1) is 16.3. The van der Waals surface area contributed by atoms with Crippen LogP contribution in [-0.2, 0) is 12.0 Å². The highest BCUT2D eigenvalue weighted by Crippen LogP contribution is 2.43. The van der Waals surface area contributed by atoms with E-state index in [0.717, 1.165) is 24.5 Å². The highest BCUT2D eigenvalue weighted by atomic mass is 32.2. The molecule has 1 saturated heterocycles. The van der Waals surface area contributed by atoms with Gasteiger partial charge in [0.15, 0.2) is 11.0 Å². The Morgan fingerprint density at radius 1 is 1.29 bits per heavy atom. The molecule has 0 bridgehead atoms. The lowest BCUT2D eigenvalue weighted by Gasteiger charge is -2.33. The van der Waals surface area contributed by atoms with Gasteiger partial charge in [-0.2, -0.15) is 5.26 Å². The molecule has 2 aliphatic rings. The average molecular weight is 478 g/mol. The minimum Gasteiger partial charge on any atom is -0.378 e. The van der Waals surface area contributed by atoms with E-state index in [4.69, 9.17) is 11.0 Å². The van der Waals surface area contributed by atoms with E-state index in [1.807, 2.05) is 13.0 Å². The zero-order chi connectivity index (χ0) is 24.3. The van der Waals surface area contributed by atoms with Crippen molar-refractivity contribution >= 4 is 22.7 Å². The summed E-state index contributed by atoms with van der Waals surface area (Å²) in [6.45, 7) is 7.12. The first kappa shape index (κ1) is 24.1. The number of benzene rings is 1. The molecule has 8 heteroatoms. The van der Waals surface area contributed by atoms with Gasteiger partial charge in [-0.25, -0.2) is 4.39 Å². The summed E-state index contributed by atoms with van der Waals surface area (Å²) >= 11 is 1.47. The van der Waals surface area contributed by atoms with Gasteiger partial charge in [0.25, 0.3) is 0 Å². The number of amidine groups is 1. The minimum absolute atomic E-state index is 0.0763. The summed E-state index contributed by atoms with van der Waals surface area (Å²) in [4.78, 5) is 25.0. The van der Waals surface area contributed by atoms with Crippen LogP contribution in [0.5, 0.6) is 0 Å². The molecule has 34 heavy (non-hydrogen) atoms. The van der Waals surface area contributed by atoms with Crippen molar-refractivity contribution in [1.29, 1.82) is 5.26 Å². The van der Waals surface area contributed by atoms with Crippen molar-refractivity contribution in [2.75, 3.05) is 19.6 Å². The molecule has 0 saturated carbocycles. The molecule has 1 aromatic heterocycles. The lowest BCUT2D eigenvalue weighted by atomic mass is 9.86. The number of halogens is 1. The van der Waals surface area contributed by atoms with Crippen LogP contribution in [0.25, 0.3) is 0 Å². The number of likely N-dealkylation sites (tertiary alicyclic amines) is 1. The Morgan fingerprint density at radius 2 is 2.06 bits per heavy atom. The third kappa shape index (κ3) is 5.37. The van der Waals surface area contributed by atoms with Gasteiger partial charge in [-0.1, -0.05) is 17.8 Å². The predicted molar refractivity (Wildman–Crippen MR) is 133 cm³/mol. The summed E-state index contributed by atoms with van der Waals surface area (Å²) in [6, 6.07) is 9.81. The number of nitriles is 1. The van der Waals surface area contributed by atoms with E-state index in [1.165, 1.54) is 48.5 Å². The maximum Gasteiger partial charge on any atom is 0.185 e. The summed E-state index contributed by atoms with van der Waals surface area (Å²) in [5.74, 6) is -0.563. The Balaban J connectivity index is 1.58. The van der Waals surface area contributed by atoms with Crippen molar-refractivity contribution in [3.8, 4) is 6.07 Å². The van der Waals surface area contributed by atoms with Gasteiger partial charge < -0.3 is 5.73 Å². The number of aliphatic imine (C=N–C) groups is 1. The van der Waals surface area contributed by atoms with Crippen LogP contribution in [0.3, 0.4) is 0 Å². The van der Waals surface area contributed by atoms with Crippen LogP contribution >= 0.6 is 11.8 Å². The first-order valence-electron chi connectivity index (χ1n) is 11.4. The third-order valence-corrected chi connectivity index (χ3v) is 7.42. The third-order valence-electron chi connectivity index (χ3n) is 6.38. The molecule has 176 valence electrons. The number of nitrogens with zero attached hydrogens (tertiary/aromatic N) is 4. The quantitative estimate of drug-likeness (QED) is 0.613. The first-order valence-corrected chi connectivity index (χ1v) is 12.2. The zero-order valence-electron chi connectivity index (χ0n) is 19.5. The van der Waals surface area contributed by atoms with E-state index in [1.54, 1.807) is 18.2 Å². The zero-order valence-corrected chi connectivity index (χ0v) is 20.3. The summed E-state index contributed by atoms with van der Waals surface area (Å²) in [7, 11) is 0. The standard InChI is InChI=1S/C26H28FN5OS/c1-17(16-32-9-3-4-10-32)24-13-26(2,31-25(29)34-24)20-11-18(5-7-21(20)27)12-23(33)22-8-6-19(14-28)15-30-22/h5-8,11,15H,3-4,9-10,12-13,16H2,1-2H3,(H2,29,31)/b24-17-/t26-/m0/s1. The number of Topliss-reactive ketones (excluding diaryl/α,β-unsaturated/α-hetero) is 1. The second kappa shape index (κ2) is 10.1. The van der Waals surface area contributed by atoms with Crippen LogP contribution in [0.1, 0.15) is 60.3 Å². The normalized spacial score (nSPS) is 22.2. The summed E-state index contributed by atoms with van der Waals surface area (Å²) in [5, 5.41) is 9.34. The number of aromatic nitrogens is 1. The molecular weight excluding hydrogens is 449 g/mol. The fraction of sp³-hybridized carbons (Fsp3) is 0.385. The van der Waals surface area contributed by atoms with E-state index in [9.17, 15) is 4.79 Å². The van der Waals surface area contributed by atoms with E-state index in [2.05, 4.69) is 21.8 Å². The molecule has 6 nitrogen and oxygen atoms in total. The van der Waals surface area contributed by atoms with E-state index in [0.29, 0.717) is 28.3 Å². The Morgan fingerprint density at radius 3 is 2.74 bits per heavy atom. The maximum absolute atomic E-state index is 15.1. The Hall–Kier alpha value is -3.02. The van der Waals surface area contributed by atoms with Crippen LogP contribution in [-0.4, -0.2) is 40.5 Å². The maximum atomic E-state index is 15.1. The van der Waals surface area contributed by atoms with Gasteiger partial charge in [-0.15, -0.1) is 0 Å². The van der Waals surface area contributed by atoms with Crippen molar-refractivity contribution in [3.63, 3.8) is 0 Å². The summed E-state index contributed by atoms with van der Waals surface area (Å²) in [5.41, 5.74) is 8.38. The van der Waals surface area contributed by atoms with E-state index in [-0.39, 0.29) is 23.7 Å². The average Bonchev–Trinajstić information content (AvgIpc) is 3.32. The SMILES string of the molecule is C/C(CN1CCCC1)=C1\C[C@@](C)(c2cc(CC(=O)c3ccc(C#N)cn3)ccc2F)N=C(N)S1. The number of ketones is 1. The van der Waals surface area contributed by atoms with E-state index < -0.39 is 5.54 Å². The van der Waals surface area contributed by atoms with Crippen molar-refractivity contribution in [3.05, 3.63) is 75.2 Å². The van der Waals surface area contributed by atoms with Gasteiger partial charge >= 0.3 is 0 Å². The monoisotopic (exact) mass is 477 g/mol. The number of thioether (sulfide) groups is 1. The molecule has 0 unspecified atom stereocenters. The molecule has 2 aromatic rings. The fourth-order valence-corrected chi connectivity index (χ4v) is 5.63. The number of nitrogens with two attached hydrogens (primary N) is 1. The van der Waals surface area contributed by atoms with Crippen molar-refractivity contribution in [1.82, 2.24) is 9.88 Å². The molecular formula is C26H28FN5OS. The fourth-order valence-electron chi connectivity index (χ4n) is 4.53. The topological polar surface area (TPSA) is 95.4 Å². The number of carbonyl (C=O) groups is 1. The summed E-state index contributed by atoms with van der Waals surface area (Å²) in [6.07, 6.45) is 4.47. The highest BCUT2D eigenvalue weighted by molar-refractivity contribution is 8.17. The minimum atomic E-state index is -0.854. The molecule has 1 fully saturated rings. The lowest BCUT2D eigenvalue weighted by Crippen LogP contribution is -2.30. The number of hydrogen-bond donors (Lipinski definition) is 1. The van der Waals surface area contributed by atoms with Gasteiger partial charge in [-0.3, -0.25) is 19.7 Å². The molecule has 1 aromatic carbocycles. The van der Waals surface area contributed by atoms with E-state index >= 15 is 4.39 Å². The second-order valence-electron chi connectivity index (χ2n) is 9.15. The largest absolute Gasteiger partial charge is 0.378 e. The van der Waals surface area contributed by atoms with Gasteiger partial charge in [0.1, 0.15) is 17.6 Å². The molecule has 2 N–H and O–H groups in total. The van der Waals surface area contributed by atoms with Crippen LogP contribution in [0.15, 0.2) is 52.0 Å². The van der Waals surface area contributed by atoms with Crippen molar-refractivity contribution in [2.24, 2.45) is 10.7 Å². The van der Waals surface area contributed by atoms with Crippen LogP contribution < -0.4 is 5.73 Å². The van der Waals surface area contributed by atoms with Crippen LogP contribution in [0.2, 0.25) is 0 Å². The Bertz CT molecular complexity index is 1190. The Labute approximate surface area is 203 Å². The molecule has 0 aliphatic carbocycles. The molecule has 4 rings (SSSR count). The van der Waals surface area contributed by atoms with Crippen LogP contribution in [0, 0.1) is 17.1 Å². The van der Waals surface area contributed by atoms with Crippen molar-refractivity contribution in [2.45, 2.75) is 45.1 Å². The Kier molecular flexibility index (Phi) is 7.15. The van der Waals surface area contributed by atoms with Gasteiger partial charge in [-0.05, 0) is 80.1 Å². The smallest absolute Gasteiger partial charge is 0.185 e. The predicted octanol–water partition coefficient (Wildman–Crippen LogP) is 4.55. The molecule has 0 spiro atoms. The van der Waals surface area contributed by atoms with Crippen LogP contribution in [0.4, 0.5) is 4.39 Å². The molecule has 0 amide bonds. The molecule has 2 aliphatic heterocycles. The summed E-state index contributed by atoms with van der Waals surface area (Å²) < 4.78 is 15.1. The molecule has 0 radical (unpaired) electrons. The number of carbonyl (C=O) groups excluding carboxylic acids is 1. The number of hydrogen-bond acceptors (Lipinski definition) is 7.